The Hall–Kier alpha value is -6.76. The van der Waals surface area contributed by atoms with E-state index in [-0.39, 0.29) is 35.7 Å². The van der Waals surface area contributed by atoms with Crippen LogP contribution >= 0.6 is 11.3 Å². The molecule has 0 radical (unpaired) electrons. The Kier molecular flexibility index (Phi) is 12.4. The van der Waals surface area contributed by atoms with Gasteiger partial charge in [-0.25, -0.2) is 28.9 Å². The monoisotopic (exact) mass is 960 g/mol. The SMILES string of the molecule is COC(=O)N[C@H](C(=O)N1CCC[C@H]1c1ncc(-c2cc(F)c3c(c2)OC(c2nc4c(s2)CCCC4)n2c-3cc3cc(-c4cnc([C@@H]5CCCN5C(=O)[C@@H](NC(=O)OC)C(C)C)[nH]4)ccc32)[nH]1)C(C)C. The number of aromatic amines is 2. The minimum atomic E-state index is -0.773. The molecule has 0 saturated carbocycles. The third-order valence-corrected chi connectivity index (χ3v) is 15.2. The maximum absolute atomic E-state index is 17.0. The summed E-state index contributed by atoms with van der Waals surface area (Å²) in [5.41, 5.74) is 5.66. The maximum Gasteiger partial charge on any atom is 0.407 e. The number of carbonyl (C=O) groups excluding carboxylic acids is 4. The Balaban J connectivity index is 0.974. The lowest BCUT2D eigenvalue weighted by atomic mass is 10.0. The van der Waals surface area contributed by atoms with E-state index in [0.29, 0.717) is 59.4 Å². The van der Waals surface area contributed by atoms with Gasteiger partial charge >= 0.3 is 12.2 Å². The molecule has 4 N–H and O–H groups in total. The predicted octanol–water partition coefficient (Wildman–Crippen LogP) is 8.59. The van der Waals surface area contributed by atoms with Crippen molar-refractivity contribution < 1.29 is 37.8 Å². The van der Waals surface area contributed by atoms with Crippen molar-refractivity contribution in [3.8, 4) is 39.5 Å². The molecule has 0 spiro atoms. The second-order valence-corrected chi connectivity index (χ2v) is 20.2. The molecule has 2 saturated heterocycles. The van der Waals surface area contributed by atoms with Crippen molar-refractivity contribution in [1.82, 2.24) is 49.9 Å². The molecule has 4 amide bonds. The van der Waals surface area contributed by atoms with E-state index in [2.05, 4.69) is 26.7 Å². The number of aromatic nitrogens is 6. The van der Waals surface area contributed by atoms with E-state index in [4.69, 9.17) is 29.2 Å². The molecule has 6 aromatic rings. The first kappa shape index (κ1) is 46.0. The molecule has 1 aliphatic carbocycles. The van der Waals surface area contributed by atoms with Crippen molar-refractivity contribution in [1.29, 1.82) is 0 Å². The Morgan fingerprint density at radius 3 is 1.96 bits per heavy atom. The van der Waals surface area contributed by atoms with Crippen LogP contribution in [0.15, 0.2) is 48.8 Å². The average molecular weight is 961 g/mol. The van der Waals surface area contributed by atoms with Gasteiger partial charge in [-0.3, -0.25) is 14.2 Å². The lowest BCUT2D eigenvalue weighted by molar-refractivity contribution is -0.136. The number of nitrogens with one attached hydrogen (secondary N) is 4. The van der Waals surface area contributed by atoms with E-state index in [9.17, 15) is 19.2 Å². The van der Waals surface area contributed by atoms with E-state index in [1.807, 2.05) is 56.5 Å². The van der Waals surface area contributed by atoms with Crippen molar-refractivity contribution in [3.63, 3.8) is 0 Å². The molecule has 4 aliphatic rings. The van der Waals surface area contributed by atoms with E-state index < -0.39 is 36.3 Å². The normalized spacial score (nSPS) is 19.5. The standard InChI is InChI=1S/C50H57FN10O7S/c1-25(2)41(57-49(64)66-5)46(62)59-17-9-12-35(59)43-52-23-32(54-43)27-15-16-34-29(19-27)21-37-40-30(51)20-28(22-38(40)68-48(61(34)37)45-56-31-11-7-8-14-39(31)69-45)33-24-53-44(55-33)36-13-10-18-60(36)47(63)42(26(3)4)58-50(65)67-6/h15-16,19-26,35-36,41-42,48H,7-14,17-18H2,1-6H3,(H,52,54)(H,53,55)(H,57,64)(H,58,65)/t35-,36-,41-,42-,48?/m0/s1. The number of hydrogen-bond donors (Lipinski definition) is 4. The Morgan fingerprint density at radius 1 is 0.783 bits per heavy atom. The number of carbonyl (C=O) groups is 4. The summed E-state index contributed by atoms with van der Waals surface area (Å²) in [6.45, 7) is 8.57. The van der Waals surface area contributed by atoms with Gasteiger partial charge in [0.1, 0.15) is 35.3 Å². The Morgan fingerprint density at radius 2 is 1.38 bits per heavy atom. The van der Waals surface area contributed by atoms with E-state index in [1.165, 1.54) is 25.2 Å². The number of rotatable bonds is 11. The van der Waals surface area contributed by atoms with Crippen LogP contribution in [0.1, 0.15) is 112 Å². The number of halogens is 1. The van der Waals surface area contributed by atoms with Gasteiger partial charge in [-0.2, -0.15) is 0 Å². The summed E-state index contributed by atoms with van der Waals surface area (Å²) >= 11 is 1.65. The number of H-pyrrole nitrogens is 2. The highest BCUT2D eigenvalue weighted by Crippen LogP contribution is 2.48. The Labute approximate surface area is 402 Å². The third kappa shape index (κ3) is 8.48. The largest absolute Gasteiger partial charge is 0.462 e. The minimum Gasteiger partial charge on any atom is -0.462 e. The number of benzene rings is 2. The van der Waals surface area contributed by atoms with Gasteiger partial charge in [0.15, 0.2) is 5.01 Å². The highest BCUT2D eigenvalue weighted by molar-refractivity contribution is 7.11. The summed E-state index contributed by atoms with van der Waals surface area (Å²) in [6.07, 6.45) is 8.45. The van der Waals surface area contributed by atoms with E-state index in [1.54, 1.807) is 33.5 Å². The topological polar surface area (TPSA) is 202 Å². The summed E-state index contributed by atoms with van der Waals surface area (Å²) in [4.78, 5) is 78.2. The molecular formula is C50H57FN10O7S. The van der Waals surface area contributed by atoms with Gasteiger partial charge in [0.05, 0.1) is 72.6 Å². The average Bonchev–Trinajstić information content (AvgIpc) is 4.21. The highest BCUT2D eigenvalue weighted by atomic mass is 32.1. The Bertz CT molecular complexity index is 2930. The smallest absolute Gasteiger partial charge is 0.407 e. The number of imidazole rings is 2. The van der Waals surface area contributed by atoms with Crippen molar-refractivity contribution in [2.24, 2.45) is 11.8 Å². The summed E-state index contributed by atoms with van der Waals surface area (Å²) in [5, 5.41) is 7.06. The summed E-state index contributed by atoms with van der Waals surface area (Å²) in [6, 6.07) is 9.23. The summed E-state index contributed by atoms with van der Waals surface area (Å²) < 4.78 is 35.5. The molecule has 4 aromatic heterocycles. The number of thiazole rings is 1. The molecule has 362 valence electrons. The van der Waals surface area contributed by atoms with Gasteiger partial charge in [0, 0.05) is 34.5 Å². The minimum absolute atomic E-state index is 0.153. The van der Waals surface area contributed by atoms with Gasteiger partial charge in [-0.15, -0.1) is 11.3 Å². The molecule has 10 rings (SSSR count). The molecular weight excluding hydrogens is 904 g/mol. The zero-order valence-corrected chi connectivity index (χ0v) is 40.4. The molecule has 1 unspecified atom stereocenters. The molecule has 5 atom stereocenters. The summed E-state index contributed by atoms with van der Waals surface area (Å²) in [5.74, 6) is 0.407. The van der Waals surface area contributed by atoms with Crippen LogP contribution in [-0.4, -0.2) is 103 Å². The van der Waals surface area contributed by atoms with Crippen LogP contribution in [0, 0.1) is 17.7 Å². The number of alkyl carbamates (subject to hydrolysis) is 2. The molecule has 7 heterocycles. The molecule has 69 heavy (non-hydrogen) atoms. The molecule has 2 aromatic carbocycles. The second-order valence-electron chi connectivity index (χ2n) is 19.1. The molecule has 3 aliphatic heterocycles. The first-order valence-corrected chi connectivity index (χ1v) is 24.7. The van der Waals surface area contributed by atoms with Crippen LogP contribution < -0.4 is 15.4 Å². The van der Waals surface area contributed by atoms with Crippen molar-refractivity contribution >= 4 is 46.2 Å². The molecule has 17 nitrogen and oxygen atoms in total. The first-order chi connectivity index (χ1) is 33.3. The van der Waals surface area contributed by atoms with Crippen LogP contribution in [0.4, 0.5) is 14.0 Å². The molecule has 0 bridgehead atoms. The maximum atomic E-state index is 17.0. The third-order valence-electron chi connectivity index (χ3n) is 14.0. The van der Waals surface area contributed by atoms with Gasteiger partial charge in [0.25, 0.3) is 0 Å². The van der Waals surface area contributed by atoms with Crippen LogP contribution in [0.2, 0.25) is 0 Å². The molecule has 2 fully saturated rings. The number of nitrogens with zero attached hydrogens (tertiary/aromatic N) is 6. The first-order valence-electron chi connectivity index (χ1n) is 23.9. The zero-order valence-electron chi connectivity index (χ0n) is 39.6. The quantitative estimate of drug-likeness (QED) is 0.0975. The van der Waals surface area contributed by atoms with Gasteiger partial charge < -0.3 is 44.6 Å². The fraction of sp³-hybridized carbons (Fsp3) is 0.460. The number of aryl methyl sites for hydroxylation is 2. The predicted molar refractivity (Wildman–Crippen MR) is 256 cm³/mol. The summed E-state index contributed by atoms with van der Waals surface area (Å²) in [7, 11) is 2.55. The van der Waals surface area contributed by atoms with Crippen molar-refractivity contribution in [3.05, 3.63) is 81.8 Å². The van der Waals surface area contributed by atoms with Crippen LogP contribution in [0.3, 0.4) is 0 Å². The molecule has 19 heteroatoms. The zero-order chi connectivity index (χ0) is 48.2. The number of amides is 4. The number of ether oxygens (including phenoxy) is 3. The number of hydrogen-bond acceptors (Lipinski definition) is 11. The van der Waals surface area contributed by atoms with Crippen molar-refractivity contribution in [2.75, 3.05) is 27.3 Å². The van der Waals surface area contributed by atoms with Gasteiger partial charge in [-0.1, -0.05) is 33.8 Å². The van der Waals surface area contributed by atoms with Crippen LogP contribution in [0.25, 0.3) is 44.7 Å². The van der Waals surface area contributed by atoms with Crippen LogP contribution in [0.5, 0.6) is 5.75 Å². The fourth-order valence-electron chi connectivity index (χ4n) is 10.4. The van der Waals surface area contributed by atoms with E-state index in [0.717, 1.165) is 77.8 Å². The van der Waals surface area contributed by atoms with E-state index >= 15 is 4.39 Å². The van der Waals surface area contributed by atoms with Gasteiger partial charge in [-0.05, 0) is 93.5 Å². The fourth-order valence-corrected chi connectivity index (χ4v) is 11.6. The lowest BCUT2D eigenvalue weighted by Crippen LogP contribution is -2.51. The number of methoxy groups -OCH3 is 2. The van der Waals surface area contributed by atoms with Crippen LogP contribution in [-0.2, 0) is 31.9 Å². The lowest BCUT2D eigenvalue weighted by Gasteiger charge is -2.30. The van der Waals surface area contributed by atoms with Gasteiger partial charge in [0.2, 0.25) is 18.0 Å². The second kappa shape index (κ2) is 18.6. The highest BCUT2D eigenvalue weighted by Gasteiger charge is 2.40. The number of likely N-dealkylation sites (tertiary alicyclic amines) is 2. The van der Waals surface area contributed by atoms with Crippen molar-refractivity contribution in [2.45, 2.75) is 109 Å². The number of fused-ring (bicyclic) bond motifs is 6.